The molecule has 27 heavy (non-hydrogen) atoms. The first-order chi connectivity index (χ1) is 13.2. The van der Waals surface area contributed by atoms with Crippen LogP contribution in [0.25, 0.3) is 11.3 Å². The Morgan fingerprint density at radius 3 is 2.67 bits per heavy atom. The minimum absolute atomic E-state index is 0.216. The maximum atomic E-state index is 13.0. The number of pyridine rings is 1. The Morgan fingerprint density at radius 2 is 1.89 bits per heavy atom. The van der Waals surface area contributed by atoms with Crippen molar-refractivity contribution in [3.05, 3.63) is 72.4 Å². The third kappa shape index (κ3) is 3.19. The summed E-state index contributed by atoms with van der Waals surface area (Å²) in [4.78, 5) is 17.4. The summed E-state index contributed by atoms with van der Waals surface area (Å²) >= 11 is 1.49. The van der Waals surface area contributed by atoms with E-state index in [1.807, 2.05) is 76.9 Å². The molecule has 0 aliphatic heterocycles. The highest BCUT2D eigenvalue weighted by atomic mass is 32.2. The predicted octanol–water partition coefficient (Wildman–Crippen LogP) is 3.13. The molecule has 1 amide bonds. The Balaban J connectivity index is 1.65. The van der Waals surface area contributed by atoms with Crippen LogP contribution in [-0.2, 0) is 0 Å². The second-order valence-corrected chi connectivity index (χ2v) is 6.76. The van der Waals surface area contributed by atoms with Crippen LogP contribution < -0.4 is 5.32 Å². The third-order valence-electron chi connectivity index (χ3n) is 4.23. The molecule has 0 saturated carbocycles. The number of fused-ring (bicyclic) bond motifs is 1. The molecule has 1 N–H and O–H groups in total. The molecular weight excluding hydrogens is 360 g/mol. The monoisotopic (exact) mass is 378 g/mol. The van der Waals surface area contributed by atoms with Crippen molar-refractivity contribution in [2.45, 2.75) is 18.1 Å². The number of aromatic nitrogens is 5. The van der Waals surface area contributed by atoms with Gasteiger partial charge in [0.2, 0.25) is 0 Å². The van der Waals surface area contributed by atoms with Crippen LogP contribution in [0.4, 0.5) is 0 Å². The van der Waals surface area contributed by atoms with E-state index in [1.54, 1.807) is 6.20 Å². The van der Waals surface area contributed by atoms with Crippen LogP contribution in [0.15, 0.2) is 66.1 Å². The maximum absolute atomic E-state index is 13.0. The van der Waals surface area contributed by atoms with Crippen molar-refractivity contribution in [3.8, 4) is 5.69 Å². The third-order valence-corrected chi connectivity index (χ3v) is 4.89. The van der Waals surface area contributed by atoms with Crippen LogP contribution >= 0.6 is 11.8 Å². The minimum atomic E-state index is -0.313. The van der Waals surface area contributed by atoms with Gasteiger partial charge in [0.15, 0.2) is 16.6 Å². The molecular formula is C19H18N6OS. The van der Waals surface area contributed by atoms with Gasteiger partial charge in [-0.25, -0.2) is 4.98 Å². The summed E-state index contributed by atoms with van der Waals surface area (Å²) in [6, 6.07) is 15.1. The summed E-state index contributed by atoms with van der Waals surface area (Å²) in [5.41, 5.74) is 2.11. The van der Waals surface area contributed by atoms with Crippen molar-refractivity contribution in [1.29, 1.82) is 0 Å². The van der Waals surface area contributed by atoms with Crippen LogP contribution in [-0.4, -0.2) is 36.3 Å². The highest BCUT2D eigenvalue weighted by Crippen LogP contribution is 2.22. The fourth-order valence-electron chi connectivity index (χ4n) is 2.96. The molecule has 0 aliphatic rings. The van der Waals surface area contributed by atoms with Gasteiger partial charge in [0.05, 0.1) is 12.2 Å². The molecule has 3 aromatic heterocycles. The average molecular weight is 378 g/mol. The lowest BCUT2D eigenvalue weighted by molar-refractivity contribution is 0.0930. The minimum Gasteiger partial charge on any atom is -0.341 e. The van der Waals surface area contributed by atoms with E-state index in [4.69, 9.17) is 0 Å². The molecule has 1 atom stereocenters. The van der Waals surface area contributed by atoms with Gasteiger partial charge >= 0.3 is 0 Å². The maximum Gasteiger partial charge on any atom is 0.270 e. The predicted molar refractivity (Wildman–Crippen MR) is 104 cm³/mol. The van der Waals surface area contributed by atoms with E-state index < -0.39 is 0 Å². The SMILES string of the molecule is CSc1ncc(C(=O)N[C@@H](C)c2nnc3ccccn23)n1-c1ccccc1. The second-order valence-electron chi connectivity index (χ2n) is 5.98. The number of carbonyl (C=O) groups excluding carboxylic acids is 1. The number of hydrogen-bond acceptors (Lipinski definition) is 5. The molecule has 1 aromatic carbocycles. The second kappa shape index (κ2) is 7.24. The summed E-state index contributed by atoms with van der Waals surface area (Å²) in [6.07, 6.45) is 5.42. The van der Waals surface area contributed by atoms with Crippen molar-refractivity contribution >= 4 is 23.3 Å². The molecule has 136 valence electrons. The first kappa shape index (κ1) is 17.3. The highest BCUT2D eigenvalue weighted by molar-refractivity contribution is 7.98. The molecule has 4 rings (SSSR count). The van der Waals surface area contributed by atoms with Crippen LogP contribution in [0.5, 0.6) is 0 Å². The Hall–Kier alpha value is -3.13. The number of nitrogens with zero attached hydrogens (tertiary/aromatic N) is 5. The molecule has 0 unspecified atom stereocenters. The van der Waals surface area contributed by atoms with Gasteiger partial charge in [-0.3, -0.25) is 13.8 Å². The number of hydrogen-bond donors (Lipinski definition) is 1. The fraction of sp³-hybridized carbons (Fsp3) is 0.158. The van der Waals surface area contributed by atoms with Crippen molar-refractivity contribution in [1.82, 2.24) is 29.5 Å². The standard InChI is InChI=1S/C19H18N6OS/c1-13(17-23-22-16-10-6-7-11-24(16)17)21-18(26)15-12-20-19(27-2)25(15)14-8-4-3-5-9-14/h3-13H,1-2H3,(H,21,26)/t13-/m0/s1. The Morgan fingerprint density at radius 1 is 1.11 bits per heavy atom. The number of para-hydroxylation sites is 1. The Kier molecular flexibility index (Phi) is 4.64. The van der Waals surface area contributed by atoms with Crippen molar-refractivity contribution in [3.63, 3.8) is 0 Å². The van der Waals surface area contributed by atoms with Crippen LogP contribution in [0.1, 0.15) is 29.3 Å². The van der Waals surface area contributed by atoms with Gasteiger partial charge in [-0.2, -0.15) is 0 Å². The summed E-state index contributed by atoms with van der Waals surface area (Å²) < 4.78 is 3.72. The van der Waals surface area contributed by atoms with Crippen molar-refractivity contribution in [2.24, 2.45) is 0 Å². The summed E-state index contributed by atoms with van der Waals surface area (Å²) in [5.74, 6) is 0.460. The van der Waals surface area contributed by atoms with E-state index in [0.29, 0.717) is 11.5 Å². The summed E-state index contributed by atoms with van der Waals surface area (Å²) in [7, 11) is 0. The van der Waals surface area contributed by atoms with Gasteiger partial charge in [-0.1, -0.05) is 36.0 Å². The number of carbonyl (C=O) groups is 1. The van der Waals surface area contributed by atoms with Crippen molar-refractivity contribution < 1.29 is 4.79 Å². The lowest BCUT2D eigenvalue weighted by Crippen LogP contribution is -2.29. The number of rotatable bonds is 5. The number of benzene rings is 1. The number of nitrogens with one attached hydrogen (secondary N) is 1. The molecule has 0 saturated heterocycles. The largest absolute Gasteiger partial charge is 0.341 e. The summed E-state index contributed by atoms with van der Waals surface area (Å²) in [5, 5.41) is 12.1. The van der Waals surface area contributed by atoms with Gasteiger partial charge < -0.3 is 5.32 Å². The van der Waals surface area contributed by atoms with E-state index in [0.717, 1.165) is 16.5 Å². The molecule has 0 fully saturated rings. The topological polar surface area (TPSA) is 77.1 Å². The van der Waals surface area contributed by atoms with Crippen LogP contribution in [0, 0.1) is 0 Å². The zero-order valence-corrected chi connectivity index (χ0v) is 15.7. The smallest absolute Gasteiger partial charge is 0.270 e. The van der Waals surface area contributed by atoms with E-state index in [2.05, 4.69) is 20.5 Å². The quantitative estimate of drug-likeness (QED) is 0.540. The van der Waals surface area contributed by atoms with Crippen LogP contribution in [0.2, 0.25) is 0 Å². The zero-order chi connectivity index (χ0) is 18.8. The highest BCUT2D eigenvalue weighted by Gasteiger charge is 2.21. The molecule has 0 aliphatic carbocycles. The summed E-state index contributed by atoms with van der Waals surface area (Å²) in [6.45, 7) is 1.89. The Labute approximate surface area is 160 Å². The lowest BCUT2D eigenvalue weighted by Gasteiger charge is -2.14. The first-order valence-electron chi connectivity index (χ1n) is 8.46. The zero-order valence-electron chi connectivity index (χ0n) is 14.9. The van der Waals surface area contributed by atoms with E-state index in [1.165, 1.54) is 11.8 Å². The number of amides is 1. The normalized spacial score (nSPS) is 12.2. The van der Waals surface area contributed by atoms with Gasteiger partial charge in [0.1, 0.15) is 5.69 Å². The molecule has 0 spiro atoms. The number of imidazole rings is 1. The van der Waals surface area contributed by atoms with E-state index in [-0.39, 0.29) is 11.9 Å². The first-order valence-corrected chi connectivity index (χ1v) is 9.69. The molecule has 0 radical (unpaired) electrons. The molecule has 4 aromatic rings. The van der Waals surface area contributed by atoms with Gasteiger partial charge in [0, 0.05) is 11.9 Å². The molecule has 8 heteroatoms. The van der Waals surface area contributed by atoms with Crippen LogP contribution in [0.3, 0.4) is 0 Å². The number of thioether (sulfide) groups is 1. The molecule has 0 bridgehead atoms. The average Bonchev–Trinajstić information content (AvgIpc) is 3.32. The van der Waals surface area contributed by atoms with E-state index in [9.17, 15) is 4.79 Å². The molecule has 3 heterocycles. The van der Waals surface area contributed by atoms with E-state index >= 15 is 0 Å². The molecule has 7 nitrogen and oxygen atoms in total. The lowest BCUT2D eigenvalue weighted by atomic mass is 10.2. The fourth-order valence-corrected chi connectivity index (χ4v) is 3.50. The van der Waals surface area contributed by atoms with Crippen molar-refractivity contribution in [2.75, 3.05) is 6.26 Å². The Bertz CT molecular complexity index is 1090. The van der Waals surface area contributed by atoms with Gasteiger partial charge in [-0.05, 0) is 37.4 Å². The van der Waals surface area contributed by atoms with Gasteiger partial charge in [-0.15, -0.1) is 10.2 Å². The van der Waals surface area contributed by atoms with Gasteiger partial charge in [0.25, 0.3) is 5.91 Å².